The standard InChI is InChI=1S/C7H8ClF3N2O3S/c1-5-12-6(17(8,14)15)4-13(5)2-3-16-7(9,10)11/h4H,2-3H2,1H3. The van der Waals surface area contributed by atoms with Crippen molar-refractivity contribution in [1.82, 2.24) is 9.55 Å². The Morgan fingerprint density at radius 1 is 1.53 bits per heavy atom. The third-order valence-electron chi connectivity index (χ3n) is 1.80. The lowest BCUT2D eigenvalue weighted by Gasteiger charge is -2.08. The van der Waals surface area contributed by atoms with E-state index < -0.39 is 27.0 Å². The summed E-state index contributed by atoms with van der Waals surface area (Å²) in [5.41, 5.74) is 0. The van der Waals surface area contributed by atoms with Gasteiger partial charge in [0.25, 0.3) is 9.05 Å². The number of imidazole rings is 1. The first kappa shape index (κ1) is 14.3. The molecule has 1 aromatic rings. The molecule has 17 heavy (non-hydrogen) atoms. The summed E-state index contributed by atoms with van der Waals surface area (Å²) in [6, 6.07) is 0. The molecule has 98 valence electrons. The number of alkyl halides is 3. The van der Waals surface area contributed by atoms with Crippen LogP contribution < -0.4 is 0 Å². The summed E-state index contributed by atoms with van der Waals surface area (Å²) in [7, 11) is 1.05. The van der Waals surface area contributed by atoms with Crippen LogP contribution >= 0.6 is 10.7 Å². The lowest BCUT2D eigenvalue weighted by atomic mass is 10.6. The van der Waals surface area contributed by atoms with Crippen LogP contribution in [0.3, 0.4) is 0 Å². The molecule has 0 aliphatic rings. The van der Waals surface area contributed by atoms with E-state index in [4.69, 9.17) is 10.7 Å². The molecule has 0 amide bonds. The van der Waals surface area contributed by atoms with Crippen molar-refractivity contribution in [3.05, 3.63) is 12.0 Å². The van der Waals surface area contributed by atoms with Crippen LogP contribution in [0.1, 0.15) is 5.82 Å². The summed E-state index contributed by atoms with van der Waals surface area (Å²) >= 11 is 0. The zero-order chi connectivity index (χ0) is 13.3. The highest BCUT2D eigenvalue weighted by Crippen LogP contribution is 2.17. The van der Waals surface area contributed by atoms with Crippen molar-refractivity contribution in [1.29, 1.82) is 0 Å². The van der Waals surface area contributed by atoms with E-state index in [2.05, 4.69) is 9.72 Å². The Morgan fingerprint density at radius 2 is 2.12 bits per heavy atom. The van der Waals surface area contributed by atoms with Crippen molar-refractivity contribution in [3.8, 4) is 0 Å². The number of aromatic nitrogens is 2. The Bertz CT molecular complexity index is 497. The highest BCUT2D eigenvalue weighted by molar-refractivity contribution is 8.13. The number of hydrogen-bond acceptors (Lipinski definition) is 4. The predicted molar refractivity (Wildman–Crippen MR) is 52.0 cm³/mol. The van der Waals surface area contributed by atoms with Crippen molar-refractivity contribution < 1.29 is 26.3 Å². The Labute approximate surface area is 99.6 Å². The number of ether oxygens (including phenoxy) is 1. The minimum Gasteiger partial charge on any atom is -0.331 e. The molecule has 0 saturated carbocycles. The first-order valence-electron chi connectivity index (χ1n) is 4.29. The van der Waals surface area contributed by atoms with Gasteiger partial charge in [-0.1, -0.05) is 0 Å². The lowest BCUT2D eigenvalue weighted by molar-refractivity contribution is -0.325. The van der Waals surface area contributed by atoms with Gasteiger partial charge in [-0.2, -0.15) is 0 Å². The Kier molecular flexibility index (Phi) is 4.05. The van der Waals surface area contributed by atoms with Gasteiger partial charge in [-0.05, 0) is 6.92 Å². The fourth-order valence-corrected chi connectivity index (χ4v) is 1.80. The molecule has 5 nitrogen and oxygen atoms in total. The summed E-state index contributed by atoms with van der Waals surface area (Å²) in [6.45, 7) is 0.631. The number of nitrogens with zero attached hydrogens (tertiary/aromatic N) is 2. The molecule has 0 atom stereocenters. The van der Waals surface area contributed by atoms with Crippen LogP contribution in [0, 0.1) is 6.92 Å². The zero-order valence-electron chi connectivity index (χ0n) is 8.53. The van der Waals surface area contributed by atoms with Gasteiger partial charge in [0, 0.05) is 23.4 Å². The van der Waals surface area contributed by atoms with Gasteiger partial charge in [0.15, 0.2) is 5.03 Å². The summed E-state index contributed by atoms with van der Waals surface area (Å²) < 4.78 is 61.6. The van der Waals surface area contributed by atoms with E-state index in [1.54, 1.807) is 0 Å². The minimum absolute atomic E-state index is 0.176. The smallest absolute Gasteiger partial charge is 0.331 e. The number of aryl methyl sites for hydroxylation is 1. The highest BCUT2D eigenvalue weighted by Gasteiger charge is 2.28. The van der Waals surface area contributed by atoms with E-state index in [-0.39, 0.29) is 12.4 Å². The van der Waals surface area contributed by atoms with Gasteiger partial charge >= 0.3 is 6.36 Å². The third-order valence-corrected chi connectivity index (χ3v) is 2.97. The molecule has 0 saturated heterocycles. The largest absolute Gasteiger partial charge is 0.522 e. The fraction of sp³-hybridized carbons (Fsp3) is 0.571. The first-order valence-corrected chi connectivity index (χ1v) is 6.59. The molecule has 0 fully saturated rings. The summed E-state index contributed by atoms with van der Waals surface area (Å²) in [4.78, 5) is 3.60. The quantitative estimate of drug-likeness (QED) is 0.792. The molecule has 0 unspecified atom stereocenters. The molecule has 1 aromatic heterocycles. The lowest BCUT2D eigenvalue weighted by Crippen LogP contribution is -2.17. The van der Waals surface area contributed by atoms with Gasteiger partial charge in [-0.3, -0.25) is 4.74 Å². The van der Waals surface area contributed by atoms with Gasteiger partial charge in [-0.25, -0.2) is 13.4 Å². The van der Waals surface area contributed by atoms with E-state index in [1.807, 2.05) is 0 Å². The molecule has 1 rings (SSSR count). The first-order chi connectivity index (χ1) is 7.59. The second-order valence-electron chi connectivity index (χ2n) is 3.05. The molecular formula is C7H8ClF3N2O3S. The fourth-order valence-electron chi connectivity index (χ4n) is 1.08. The molecule has 0 radical (unpaired) electrons. The third kappa shape index (κ3) is 4.52. The summed E-state index contributed by atoms with van der Waals surface area (Å²) in [5, 5.41) is -0.399. The van der Waals surface area contributed by atoms with E-state index >= 15 is 0 Å². The predicted octanol–water partition coefficient (Wildman–Crippen LogP) is 1.66. The monoisotopic (exact) mass is 292 g/mol. The Morgan fingerprint density at radius 3 is 2.53 bits per heavy atom. The Hall–Kier alpha value is -0.800. The maximum absolute atomic E-state index is 11.7. The van der Waals surface area contributed by atoms with Crippen molar-refractivity contribution >= 4 is 19.7 Å². The topological polar surface area (TPSA) is 61.2 Å². The van der Waals surface area contributed by atoms with E-state index in [0.717, 1.165) is 6.20 Å². The SMILES string of the molecule is Cc1nc(S(=O)(=O)Cl)cn1CCOC(F)(F)F. The number of hydrogen-bond donors (Lipinski definition) is 0. The van der Waals surface area contributed by atoms with Crippen LogP contribution in [0.15, 0.2) is 11.2 Å². The van der Waals surface area contributed by atoms with Gasteiger partial charge < -0.3 is 4.57 Å². The van der Waals surface area contributed by atoms with Crippen LogP contribution in [0.5, 0.6) is 0 Å². The second kappa shape index (κ2) is 4.83. The summed E-state index contributed by atoms with van der Waals surface area (Å²) in [6.07, 6.45) is -3.66. The van der Waals surface area contributed by atoms with Gasteiger partial charge in [0.05, 0.1) is 6.61 Å². The molecule has 0 aliphatic carbocycles. The highest BCUT2D eigenvalue weighted by atomic mass is 35.7. The van der Waals surface area contributed by atoms with Crippen molar-refractivity contribution in [3.63, 3.8) is 0 Å². The Balaban J connectivity index is 2.70. The maximum Gasteiger partial charge on any atom is 0.522 e. The van der Waals surface area contributed by atoms with Crippen LogP contribution in [0.25, 0.3) is 0 Å². The van der Waals surface area contributed by atoms with E-state index in [1.165, 1.54) is 11.5 Å². The molecule has 0 spiro atoms. The average molecular weight is 293 g/mol. The molecule has 0 aliphatic heterocycles. The van der Waals surface area contributed by atoms with E-state index in [0.29, 0.717) is 0 Å². The van der Waals surface area contributed by atoms with Crippen LogP contribution in [0.2, 0.25) is 0 Å². The number of rotatable bonds is 4. The number of halogens is 4. The molecule has 1 heterocycles. The zero-order valence-corrected chi connectivity index (χ0v) is 10.1. The molecule has 10 heteroatoms. The average Bonchev–Trinajstić information content (AvgIpc) is 2.45. The molecule has 0 N–H and O–H groups in total. The van der Waals surface area contributed by atoms with Crippen molar-refractivity contribution in [2.45, 2.75) is 24.9 Å². The van der Waals surface area contributed by atoms with Gasteiger partial charge in [0.2, 0.25) is 0 Å². The second-order valence-corrected chi connectivity index (χ2v) is 5.56. The molecule has 0 bridgehead atoms. The van der Waals surface area contributed by atoms with Crippen LogP contribution in [0.4, 0.5) is 13.2 Å². The molecule has 0 aromatic carbocycles. The van der Waals surface area contributed by atoms with Crippen LogP contribution in [-0.4, -0.2) is 30.9 Å². The van der Waals surface area contributed by atoms with Crippen LogP contribution in [-0.2, 0) is 20.3 Å². The van der Waals surface area contributed by atoms with E-state index in [9.17, 15) is 21.6 Å². The van der Waals surface area contributed by atoms with Gasteiger partial charge in [0.1, 0.15) is 5.82 Å². The molecular weight excluding hydrogens is 285 g/mol. The van der Waals surface area contributed by atoms with Crippen molar-refractivity contribution in [2.24, 2.45) is 0 Å². The maximum atomic E-state index is 11.7. The van der Waals surface area contributed by atoms with Gasteiger partial charge in [-0.15, -0.1) is 13.2 Å². The summed E-state index contributed by atoms with van der Waals surface area (Å²) in [5.74, 6) is 0.231. The van der Waals surface area contributed by atoms with Crippen molar-refractivity contribution in [2.75, 3.05) is 6.61 Å². The normalized spacial score (nSPS) is 13.0. The minimum atomic E-state index is -4.71.